The van der Waals surface area contributed by atoms with Crippen molar-refractivity contribution in [2.45, 2.75) is 33.2 Å². The number of aliphatic hydroxyl groups excluding tert-OH is 1. The van der Waals surface area contributed by atoms with E-state index in [-0.39, 0.29) is 12.6 Å². The van der Waals surface area contributed by atoms with Crippen LogP contribution >= 0.6 is 0 Å². The summed E-state index contributed by atoms with van der Waals surface area (Å²) in [5.74, 6) is 0.769. The van der Waals surface area contributed by atoms with Crippen molar-refractivity contribution in [3.05, 3.63) is 17.6 Å². The molecule has 0 amide bonds. The van der Waals surface area contributed by atoms with E-state index >= 15 is 0 Å². The van der Waals surface area contributed by atoms with Crippen LogP contribution in [0.2, 0.25) is 0 Å². The summed E-state index contributed by atoms with van der Waals surface area (Å²) in [6.45, 7) is 5.94. The summed E-state index contributed by atoms with van der Waals surface area (Å²) in [6.07, 6.45) is 2.60. The predicted molar refractivity (Wildman–Crippen MR) is 56.3 cm³/mol. The molecule has 0 aliphatic heterocycles. The van der Waals surface area contributed by atoms with E-state index in [0.717, 1.165) is 23.6 Å². The first-order valence-corrected chi connectivity index (χ1v) is 4.85. The van der Waals surface area contributed by atoms with Crippen molar-refractivity contribution < 1.29 is 5.11 Å². The van der Waals surface area contributed by atoms with Gasteiger partial charge in [-0.25, -0.2) is 4.98 Å². The summed E-state index contributed by atoms with van der Waals surface area (Å²) in [5.41, 5.74) is 1.74. The number of nitrogens with zero attached hydrogens (tertiary/aromatic N) is 2. The number of nitrogens with one attached hydrogen (secondary N) is 1. The molecule has 78 valence electrons. The van der Waals surface area contributed by atoms with Gasteiger partial charge in [0.1, 0.15) is 5.82 Å². The maximum Gasteiger partial charge on any atom is 0.148 e. The Hall–Kier alpha value is -1.16. The lowest BCUT2D eigenvalue weighted by Crippen LogP contribution is -2.24. The van der Waals surface area contributed by atoms with Gasteiger partial charge in [-0.2, -0.15) is 0 Å². The van der Waals surface area contributed by atoms with Gasteiger partial charge in [-0.1, -0.05) is 6.92 Å². The third-order valence-corrected chi connectivity index (χ3v) is 2.13. The van der Waals surface area contributed by atoms with Gasteiger partial charge in [0.25, 0.3) is 0 Å². The largest absolute Gasteiger partial charge is 0.394 e. The summed E-state index contributed by atoms with van der Waals surface area (Å²) in [6, 6.07) is 0.0600. The lowest BCUT2D eigenvalue weighted by molar-refractivity contribution is 0.271. The fourth-order valence-corrected chi connectivity index (χ4v) is 1.14. The molecule has 1 rings (SSSR count). The number of aromatic nitrogens is 2. The van der Waals surface area contributed by atoms with Crippen molar-refractivity contribution in [2.24, 2.45) is 0 Å². The van der Waals surface area contributed by atoms with Crippen molar-refractivity contribution in [1.29, 1.82) is 0 Å². The van der Waals surface area contributed by atoms with E-state index in [0.29, 0.717) is 0 Å². The monoisotopic (exact) mass is 195 g/mol. The van der Waals surface area contributed by atoms with Crippen molar-refractivity contribution in [1.82, 2.24) is 9.97 Å². The van der Waals surface area contributed by atoms with Gasteiger partial charge in [0, 0.05) is 6.20 Å². The zero-order chi connectivity index (χ0) is 10.6. The van der Waals surface area contributed by atoms with E-state index < -0.39 is 0 Å². The number of hydrogen-bond acceptors (Lipinski definition) is 4. The van der Waals surface area contributed by atoms with E-state index in [1.807, 2.05) is 20.8 Å². The zero-order valence-corrected chi connectivity index (χ0v) is 8.91. The molecule has 0 fully saturated rings. The van der Waals surface area contributed by atoms with E-state index in [4.69, 9.17) is 5.11 Å². The predicted octanol–water partition coefficient (Wildman–Crippen LogP) is 1.28. The van der Waals surface area contributed by atoms with E-state index in [2.05, 4.69) is 15.3 Å². The average molecular weight is 195 g/mol. The molecule has 1 atom stereocenters. The lowest BCUT2D eigenvalue weighted by atomic mass is 10.2. The van der Waals surface area contributed by atoms with Crippen LogP contribution in [0, 0.1) is 13.8 Å². The molecular formula is C10H17N3O. The molecule has 0 aliphatic carbocycles. The fraction of sp³-hybridized carbons (Fsp3) is 0.600. The summed E-state index contributed by atoms with van der Waals surface area (Å²) in [4.78, 5) is 8.52. The van der Waals surface area contributed by atoms with Crippen molar-refractivity contribution in [3.63, 3.8) is 0 Å². The molecule has 4 heteroatoms. The van der Waals surface area contributed by atoms with Crippen molar-refractivity contribution in [3.8, 4) is 0 Å². The Bertz CT molecular complexity index is 297. The minimum absolute atomic E-state index is 0.0600. The highest BCUT2D eigenvalue weighted by Crippen LogP contribution is 2.10. The lowest BCUT2D eigenvalue weighted by Gasteiger charge is -2.15. The quantitative estimate of drug-likeness (QED) is 0.759. The second kappa shape index (κ2) is 4.91. The number of anilines is 1. The van der Waals surface area contributed by atoms with Crippen LogP contribution in [-0.2, 0) is 0 Å². The van der Waals surface area contributed by atoms with E-state index in [1.54, 1.807) is 6.20 Å². The van der Waals surface area contributed by atoms with Gasteiger partial charge in [-0.05, 0) is 20.3 Å². The van der Waals surface area contributed by atoms with E-state index in [1.165, 1.54) is 0 Å². The normalized spacial score (nSPS) is 12.6. The second-order valence-corrected chi connectivity index (χ2v) is 3.38. The average Bonchev–Trinajstić information content (AvgIpc) is 2.19. The first kappa shape index (κ1) is 10.9. The van der Waals surface area contributed by atoms with Crippen LogP contribution in [0.5, 0.6) is 0 Å². The smallest absolute Gasteiger partial charge is 0.148 e. The summed E-state index contributed by atoms with van der Waals surface area (Å²) < 4.78 is 0. The number of aliphatic hydroxyl groups is 1. The van der Waals surface area contributed by atoms with Crippen LogP contribution in [-0.4, -0.2) is 27.7 Å². The molecule has 0 aromatic carbocycles. The molecule has 0 aliphatic rings. The molecule has 2 N–H and O–H groups in total. The summed E-state index contributed by atoms with van der Waals surface area (Å²) in [7, 11) is 0. The highest BCUT2D eigenvalue weighted by atomic mass is 16.3. The maximum atomic E-state index is 9.04. The number of rotatable bonds is 4. The van der Waals surface area contributed by atoms with Crippen LogP contribution < -0.4 is 5.32 Å². The Morgan fingerprint density at radius 3 is 2.79 bits per heavy atom. The Morgan fingerprint density at radius 2 is 2.21 bits per heavy atom. The summed E-state index contributed by atoms with van der Waals surface area (Å²) in [5, 5.41) is 12.2. The van der Waals surface area contributed by atoms with Gasteiger partial charge in [0.2, 0.25) is 0 Å². The van der Waals surface area contributed by atoms with Gasteiger partial charge in [-0.15, -0.1) is 0 Å². The molecule has 0 saturated heterocycles. The fourth-order valence-electron chi connectivity index (χ4n) is 1.14. The van der Waals surface area contributed by atoms with Gasteiger partial charge >= 0.3 is 0 Å². The first-order valence-electron chi connectivity index (χ1n) is 4.85. The Morgan fingerprint density at radius 1 is 1.50 bits per heavy atom. The van der Waals surface area contributed by atoms with Crippen LogP contribution in [0.4, 0.5) is 5.82 Å². The van der Waals surface area contributed by atoms with Gasteiger partial charge in [-0.3, -0.25) is 4.98 Å². The number of hydrogen-bond donors (Lipinski definition) is 2. The van der Waals surface area contributed by atoms with E-state index in [9.17, 15) is 0 Å². The molecule has 1 aromatic rings. The standard InChI is InChI=1S/C10H17N3O/c1-4-9(6-14)13-10-8(3)11-5-7(2)12-10/h5,9,14H,4,6H2,1-3H3,(H,12,13). The van der Waals surface area contributed by atoms with Crippen LogP contribution in [0.1, 0.15) is 24.7 Å². The Balaban J connectivity index is 2.79. The molecule has 0 saturated carbocycles. The molecule has 14 heavy (non-hydrogen) atoms. The first-order chi connectivity index (χ1) is 6.67. The maximum absolute atomic E-state index is 9.04. The molecule has 1 aromatic heterocycles. The van der Waals surface area contributed by atoms with Crippen molar-refractivity contribution >= 4 is 5.82 Å². The minimum Gasteiger partial charge on any atom is -0.394 e. The zero-order valence-electron chi connectivity index (χ0n) is 8.91. The minimum atomic E-state index is 0.0600. The van der Waals surface area contributed by atoms with Gasteiger partial charge in [0.05, 0.1) is 24.0 Å². The highest BCUT2D eigenvalue weighted by Gasteiger charge is 2.07. The van der Waals surface area contributed by atoms with Crippen molar-refractivity contribution in [2.75, 3.05) is 11.9 Å². The molecular weight excluding hydrogens is 178 g/mol. The molecule has 4 nitrogen and oxygen atoms in total. The topological polar surface area (TPSA) is 58.0 Å². The molecule has 1 unspecified atom stereocenters. The molecule has 0 radical (unpaired) electrons. The Kier molecular flexibility index (Phi) is 3.83. The highest BCUT2D eigenvalue weighted by molar-refractivity contribution is 5.40. The SMILES string of the molecule is CCC(CO)Nc1nc(C)cnc1C. The Labute approximate surface area is 84.4 Å². The number of aryl methyl sites for hydroxylation is 2. The van der Waals surface area contributed by atoms with Crippen LogP contribution in [0.25, 0.3) is 0 Å². The molecule has 0 bridgehead atoms. The van der Waals surface area contributed by atoms with Gasteiger partial charge in [0.15, 0.2) is 0 Å². The molecule has 0 spiro atoms. The van der Waals surface area contributed by atoms with Crippen LogP contribution in [0.15, 0.2) is 6.20 Å². The molecule has 1 heterocycles. The summed E-state index contributed by atoms with van der Waals surface area (Å²) >= 11 is 0. The van der Waals surface area contributed by atoms with Gasteiger partial charge < -0.3 is 10.4 Å². The third kappa shape index (κ3) is 2.67. The third-order valence-electron chi connectivity index (χ3n) is 2.13. The van der Waals surface area contributed by atoms with Crippen LogP contribution in [0.3, 0.4) is 0 Å². The second-order valence-electron chi connectivity index (χ2n) is 3.38.